The minimum absolute atomic E-state index is 0.228. The quantitative estimate of drug-likeness (QED) is 0.674. The second-order valence-corrected chi connectivity index (χ2v) is 7.55. The van der Waals surface area contributed by atoms with Gasteiger partial charge < -0.3 is 14.4 Å². The van der Waals surface area contributed by atoms with Crippen molar-refractivity contribution in [3.63, 3.8) is 0 Å². The van der Waals surface area contributed by atoms with Crippen LogP contribution in [-0.4, -0.2) is 16.3 Å². The van der Waals surface area contributed by atoms with E-state index in [2.05, 4.69) is 6.92 Å². The Hall–Kier alpha value is -1.23. The van der Waals surface area contributed by atoms with Gasteiger partial charge in [-0.2, -0.15) is 0 Å². The number of halogens is 2. The second-order valence-electron chi connectivity index (χ2n) is 6.74. The highest BCUT2D eigenvalue weighted by Gasteiger charge is 2.23. The largest absolute Gasteiger partial charge is 0.491 e. The van der Waals surface area contributed by atoms with E-state index in [-0.39, 0.29) is 11.5 Å². The minimum Gasteiger partial charge on any atom is -0.491 e. The maximum atomic E-state index is 12.8. The van der Waals surface area contributed by atoms with Crippen LogP contribution in [0.25, 0.3) is 10.8 Å². The van der Waals surface area contributed by atoms with E-state index in [1.807, 2.05) is 13.8 Å². The Kier molecular flexibility index (Phi) is 6.78. The summed E-state index contributed by atoms with van der Waals surface area (Å²) < 4.78 is 7.46. The van der Waals surface area contributed by atoms with Gasteiger partial charge in [-0.15, -0.1) is 0 Å². The molecule has 6 heteroatoms. The molecular weight excluding hydrogens is 361 g/mol. The summed E-state index contributed by atoms with van der Waals surface area (Å²) in [6, 6.07) is 3.21. The van der Waals surface area contributed by atoms with Gasteiger partial charge in [0.25, 0.3) is 5.56 Å². The minimum atomic E-state index is -0.798. The molecule has 0 aliphatic heterocycles. The highest BCUT2D eigenvalue weighted by Crippen LogP contribution is 2.37. The first-order valence-electron chi connectivity index (χ1n) is 8.60. The molecule has 0 saturated heterocycles. The van der Waals surface area contributed by atoms with Crippen LogP contribution in [0.1, 0.15) is 51.8 Å². The number of fused-ring (bicyclic) bond motifs is 1. The van der Waals surface area contributed by atoms with Gasteiger partial charge in [0, 0.05) is 12.4 Å². The van der Waals surface area contributed by atoms with E-state index in [9.17, 15) is 9.90 Å². The van der Waals surface area contributed by atoms with Crippen molar-refractivity contribution < 1.29 is 9.84 Å². The summed E-state index contributed by atoms with van der Waals surface area (Å²) in [5.41, 5.74) is 0.259. The normalized spacial score (nSPS) is 12.8. The summed E-state index contributed by atoms with van der Waals surface area (Å²) in [4.78, 5) is 12.8. The van der Waals surface area contributed by atoms with Crippen molar-refractivity contribution in [1.29, 1.82) is 0 Å². The molecule has 1 unspecified atom stereocenters. The van der Waals surface area contributed by atoms with Crippen molar-refractivity contribution in [3.05, 3.63) is 38.2 Å². The van der Waals surface area contributed by atoms with Gasteiger partial charge in [-0.1, -0.05) is 50.4 Å². The van der Waals surface area contributed by atoms with Crippen LogP contribution < -0.4 is 10.3 Å². The third kappa shape index (κ3) is 4.30. The molecule has 1 heterocycles. The highest BCUT2D eigenvalue weighted by atomic mass is 35.5. The van der Waals surface area contributed by atoms with Gasteiger partial charge in [0.15, 0.2) is 0 Å². The number of nitrogens with zero attached hydrogens (tertiary/aromatic N) is 1. The maximum Gasteiger partial charge on any atom is 0.258 e. The van der Waals surface area contributed by atoms with Crippen molar-refractivity contribution >= 4 is 34.0 Å². The topological polar surface area (TPSA) is 51.5 Å². The van der Waals surface area contributed by atoms with E-state index in [1.165, 1.54) is 4.57 Å². The summed E-state index contributed by atoms with van der Waals surface area (Å²) in [5.74, 6) is 0.787. The standard InChI is InChI=1S/C19H25Cl2NO3/c1-5-6-7-25-18-12-9-14(20)15(21)10-13(12)19(24)22(4)17(18)16(23)8-11(2)3/h9-11,16,23H,5-8H2,1-4H3. The number of rotatable bonds is 7. The summed E-state index contributed by atoms with van der Waals surface area (Å²) in [6.45, 7) is 6.63. The molecule has 0 spiro atoms. The van der Waals surface area contributed by atoms with E-state index < -0.39 is 6.10 Å². The molecule has 1 atom stereocenters. The fraction of sp³-hybridized carbons (Fsp3) is 0.526. The van der Waals surface area contributed by atoms with E-state index in [0.29, 0.717) is 45.3 Å². The van der Waals surface area contributed by atoms with Gasteiger partial charge in [0.1, 0.15) is 5.75 Å². The van der Waals surface area contributed by atoms with Crippen LogP contribution >= 0.6 is 23.2 Å². The van der Waals surface area contributed by atoms with Crippen LogP contribution in [-0.2, 0) is 7.05 Å². The number of benzene rings is 1. The van der Waals surface area contributed by atoms with Gasteiger partial charge in [-0.25, -0.2) is 0 Å². The van der Waals surface area contributed by atoms with E-state index in [0.717, 1.165) is 12.8 Å². The van der Waals surface area contributed by atoms with Gasteiger partial charge in [-0.3, -0.25) is 4.79 Å². The van der Waals surface area contributed by atoms with E-state index in [4.69, 9.17) is 27.9 Å². The first-order valence-corrected chi connectivity index (χ1v) is 9.36. The molecule has 4 nitrogen and oxygen atoms in total. The van der Waals surface area contributed by atoms with Crippen LogP contribution in [0.3, 0.4) is 0 Å². The highest BCUT2D eigenvalue weighted by molar-refractivity contribution is 6.42. The predicted molar refractivity (Wildman–Crippen MR) is 104 cm³/mol. The Bertz CT molecular complexity index is 815. The summed E-state index contributed by atoms with van der Waals surface area (Å²) in [5, 5.41) is 12.4. The molecule has 0 aliphatic carbocycles. The van der Waals surface area contributed by atoms with Crippen molar-refractivity contribution in [2.24, 2.45) is 13.0 Å². The Morgan fingerprint density at radius 3 is 2.36 bits per heavy atom. The lowest BCUT2D eigenvalue weighted by atomic mass is 10.00. The predicted octanol–water partition coefficient (Wildman–Crippen LogP) is 5.10. The van der Waals surface area contributed by atoms with Crippen molar-refractivity contribution in [3.8, 4) is 5.75 Å². The lowest BCUT2D eigenvalue weighted by Crippen LogP contribution is -2.24. The molecule has 0 bridgehead atoms. The van der Waals surface area contributed by atoms with Crippen molar-refractivity contribution in [2.75, 3.05) is 6.61 Å². The maximum absolute atomic E-state index is 12.8. The molecule has 0 radical (unpaired) electrons. The third-order valence-electron chi connectivity index (χ3n) is 4.19. The summed E-state index contributed by atoms with van der Waals surface area (Å²) in [6.07, 6.45) is 1.60. The van der Waals surface area contributed by atoms with E-state index >= 15 is 0 Å². The smallest absolute Gasteiger partial charge is 0.258 e. The van der Waals surface area contributed by atoms with Crippen molar-refractivity contribution in [2.45, 2.75) is 46.1 Å². The molecule has 25 heavy (non-hydrogen) atoms. The van der Waals surface area contributed by atoms with Crippen LogP contribution in [0.15, 0.2) is 16.9 Å². The Morgan fingerprint density at radius 1 is 1.20 bits per heavy atom. The molecule has 1 aromatic carbocycles. The molecule has 0 fully saturated rings. The number of aromatic nitrogens is 1. The van der Waals surface area contributed by atoms with Gasteiger partial charge in [0.2, 0.25) is 0 Å². The van der Waals surface area contributed by atoms with Crippen LogP contribution in [0.5, 0.6) is 5.75 Å². The molecular formula is C19H25Cl2NO3. The third-order valence-corrected chi connectivity index (χ3v) is 4.91. The fourth-order valence-electron chi connectivity index (χ4n) is 2.90. The molecule has 138 valence electrons. The number of aliphatic hydroxyl groups is 1. The molecule has 1 N–H and O–H groups in total. The number of unbranched alkanes of at least 4 members (excludes halogenated alkanes) is 1. The SMILES string of the molecule is CCCCOc1c(C(O)CC(C)C)n(C)c(=O)c2cc(Cl)c(Cl)cc12. The number of hydrogen-bond acceptors (Lipinski definition) is 3. The molecule has 0 saturated carbocycles. The second kappa shape index (κ2) is 8.43. The number of ether oxygens (including phenoxy) is 1. The zero-order chi connectivity index (χ0) is 18.7. The van der Waals surface area contributed by atoms with Gasteiger partial charge in [-0.05, 0) is 30.9 Å². The van der Waals surface area contributed by atoms with Crippen LogP contribution in [0.2, 0.25) is 10.0 Å². The first-order chi connectivity index (χ1) is 11.8. The summed E-state index contributed by atoms with van der Waals surface area (Å²) >= 11 is 12.3. The monoisotopic (exact) mass is 385 g/mol. The molecule has 2 rings (SSSR count). The summed E-state index contributed by atoms with van der Waals surface area (Å²) in [7, 11) is 1.65. The van der Waals surface area contributed by atoms with Gasteiger partial charge in [0.05, 0.1) is 33.8 Å². The Morgan fingerprint density at radius 2 is 1.80 bits per heavy atom. The Balaban J connectivity index is 2.75. The lowest BCUT2D eigenvalue weighted by molar-refractivity contribution is 0.136. The molecule has 1 aromatic heterocycles. The Labute approximate surface area is 158 Å². The molecule has 2 aromatic rings. The fourth-order valence-corrected chi connectivity index (χ4v) is 3.22. The van der Waals surface area contributed by atoms with Gasteiger partial charge >= 0.3 is 0 Å². The van der Waals surface area contributed by atoms with E-state index in [1.54, 1.807) is 19.2 Å². The van der Waals surface area contributed by atoms with Crippen LogP contribution in [0, 0.1) is 5.92 Å². The average Bonchev–Trinajstić information content (AvgIpc) is 2.53. The average molecular weight is 386 g/mol. The zero-order valence-electron chi connectivity index (χ0n) is 15.1. The first kappa shape index (κ1) is 20.1. The zero-order valence-corrected chi connectivity index (χ0v) is 16.6. The molecule has 0 aliphatic rings. The number of aliphatic hydroxyl groups excluding tert-OH is 1. The van der Waals surface area contributed by atoms with Crippen LogP contribution in [0.4, 0.5) is 0 Å². The number of hydrogen-bond donors (Lipinski definition) is 1. The molecule has 0 amide bonds. The number of pyridine rings is 1. The lowest BCUT2D eigenvalue weighted by Gasteiger charge is -2.22. The van der Waals surface area contributed by atoms with Crippen molar-refractivity contribution in [1.82, 2.24) is 4.57 Å².